The summed E-state index contributed by atoms with van der Waals surface area (Å²) in [6, 6.07) is 0.178. The van der Waals surface area contributed by atoms with Crippen LogP contribution in [0.3, 0.4) is 0 Å². The molecule has 1 aliphatic heterocycles. The van der Waals surface area contributed by atoms with Crippen LogP contribution in [0.2, 0.25) is 0 Å². The van der Waals surface area contributed by atoms with Crippen LogP contribution in [-0.2, 0) is 0 Å². The number of aromatic nitrogens is 2. The van der Waals surface area contributed by atoms with E-state index in [4.69, 9.17) is 5.73 Å². The summed E-state index contributed by atoms with van der Waals surface area (Å²) in [7, 11) is 0. The van der Waals surface area contributed by atoms with E-state index in [1.807, 2.05) is 11.8 Å². The normalized spacial score (nSPS) is 24.2. The average Bonchev–Trinajstić information content (AvgIpc) is 2.55. The van der Waals surface area contributed by atoms with E-state index in [0.717, 1.165) is 18.0 Å². The molecule has 0 amide bonds. The number of hydrogen-bond acceptors (Lipinski definition) is 5. The molecular weight excluding hydrogens is 162 g/mol. The first-order chi connectivity index (χ1) is 5.36. The summed E-state index contributed by atoms with van der Waals surface area (Å²) in [5.74, 6) is 3.52. The maximum atomic E-state index is 5.30. The third-order valence-corrected chi connectivity index (χ3v) is 2.91. The Labute approximate surface area is 68.5 Å². The van der Waals surface area contributed by atoms with Gasteiger partial charge in [-0.05, 0) is 12.2 Å². The summed E-state index contributed by atoms with van der Waals surface area (Å²) in [5, 5.41) is 3.77. The van der Waals surface area contributed by atoms with Crippen LogP contribution in [0.25, 0.3) is 0 Å². The molecule has 1 aromatic heterocycles. The summed E-state index contributed by atoms with van der Waals surface area (Å²) >= 11 is 1.92. The van der Waals surface area contributed by atoms with Gasteiger partial charge in [-0.1, -0.05) is 5.16 Å². The molecule has 0 aromatic carbocycles. The standard InChI is InChI=1S/C6H9N3OS/c7-6-8-5(9-10-6)4-1-2-11-3-4/h4H,1-3H2,(H2,7,8,9). The topological polar surface area (TPSA) is 64.9 Å². The molecule has 1 aromatic rings. The first-order valence-corrected chi connectivity index (χ1v) is 4.68. The zero-order valence-electron chi connectivity index (χ0n) is 5.99. The molecule has 0 spiro atoms. The van der Waals surface area contributed by atoms with Gasteiger partial charge in [0.05, 0.1) is 0 Å². The first-order valence-electron chi connectivity index (χ1n) is 3.53. The van der Waals surface area contributed by atoms with E-state index >= 15 is 0 Å². The monoisotopic (exact) mass is 171 g/mol. The molecule has 2 rings (SSSR count). The Bertz CT molecular complexity index is 244. The molecule has 1 atom stereocenters. The van der Waals surface area contributed by atoms with Gasteiger partial charge in [0, 0.05) is 11.7 Å². The zero-order valence-corrected chi connectivity index (χ0v) is 6.80. The quantitative estimate of drug-likeness (QED) is 0.679. The van der Waals surface area contributed by atoms with Gasteiger partial charge < -0.3 is 10.3 Å². The number of rotatable bonds is 1. The highest BCUT2D eigenvalue weighted by atomic mass is 32.2. The van der Waals surface area contributed by atoms with Gasteiger partial charge in [0.2, 0.25) is 0 Å². The van der Waals surface area contributed by atoms with Crippen molar-refractivity contribution in [2.45, 2.75) is 12.3 Å². The molecule has 1 unspecified atom stereocenters. The Morgan fingerprint density at radius 1 is 1.64 bits per heavy atom. The molecule has 2 heterocycles. The Kier molecular flexibility index (Phi) is 1.73. The van der Waals surface area contributed by atoms with E-state index < -0.39 is 0 Å². The number of anilines is 1. The van der Waals surface area contributed by atoms with Crippen molar-refractivity contribution in [1.29, 1.82) is 0 Å². The molecule has 4 nitrogen and oxygen atoms in total. The van der Waals surface area contributed by atoms with Crippen LogP contribution < -0.4 is 5.73 Å². The smallest absolute Gasteiger partial charge is 0.318 e. The Morgan fingerprint density at radius 2 is 2.55 bits per heavy atom. The number of nitrogen functional groups attached to an aromatic ring is 1. The number of hydrogen-bond donors (Lipinski definition) is 1. The third-order valence-electron chi connectivity index (χ3n) is 1.75. The van der Waals surface area contributed by atoms with E-state index in [9.17, 15) is 0 Å². The van der Waals surface area contributed by atoms with E-state index in [1.54, 1.807) is 0 Å². The van der Waals surface area contributed by atoms with Crippen molar-refractivity contribution in [1.82, 2.24) is 10.1 Å². The molecule has 0 bridgehead atoms. The highest BCUT2D eigenvalue weighted by Crippen LogP contribution is 2.30. The van der Waals surface area contributed by atoms with Crippen LogP contribution in [-0.4, -0.2) is 21.6 Å². The SMILES string of the molecule is Nc1nc(C2CCSC2)no1. The molecule has 1 fully saturated rings. The lowest BCUT2D eigenvalue weighted by Crippen LogP contribution is -1.98. The fourth-order valence-electron chi connectivity index (χ4n) is 1.15. The zero-order chi connectivity index (χ0) is 7.68. The number of nitrogens with two attached hydrogens (primary N) is 1. The average molecular weight is 171 g/mol. The lowest BCUT2D eigenvalue weighted by molar-refractivity contribution is 0.422. The lowest BCUT2D eigenvalue weighted by Gasteiger charge is -1.97. The molecular formula is C6H9N3OS. The van der Waals surface area contributed by atoms with Crippen molar-refractivity contribution >= 4 is 17.8 Å². The highest BCUT2D eigenvalue weighted by Gasteiger charge is 2.21. The summed E-state index contributed by atoms with van der Waals surface area (Å²) in [6.45, 7) is 0. The van der Waals surface area contributed by atoms with Gasteiger partial charge in [-0.2, -0.15) is 16.7 Å². The van der Waals surface area contributed by atoms with Gasteiger partial charge in [0.15, 0.2) is 5.82 Å². The third kappa shape index (κ3) is 1.33. The van der Waals surface area contributed by atoms with Gasteiger partial charge in [-0.15, -0.1) is 0 Å². The van der Waals surface area contributed by atoms with E-state index in [2.05, 4.69) is 14.7 Å². The minimum atomic E-state index is 0.178. The van der Waals surface area contributed by atoms with Gasteiger partial charge in [-0.25, -0.2) is 0 Å². The molecule has 1 saturated heterocycles. The van der Waals surface area contributed by atoms with E-state index in [1.165, 1.54) is 5.75 Å². The maximum absolute atomic E-state index is 5.30. The largest absolute Gasteiger partial charge is 0.351 e. The minimum absolute atomic E-state index is 0.178. The van der Waals surface area contributed by atoms with Crippen molar-refractivity contribution in [2.24, 2.45) is 0 Å². The molecule has 11 heavy (non-hydrogen) atoms. The van der Waals surface area contributed by atoms with Gasteiger partial charge >= 0.3 is 6.01 Å². The van der Waals surface area contributed by atoms with E-state index in [0.29, 0.717) is 5.92 Å². The summed E-state index contributed by atoms with van der Waals surface area (Å²) in [6.07, 6.45) is 1.14. The maximum Gasteiger partial charge on any atom is 0.318 e. The Balaban J connectivity index is 2.15. The summed E-state index contributed by atoms with van der Waals surface area (Å²) < 4.78 is 4.68. The molecule has 5 heteroatoms. The van der Waals surface area contributed by atoms with Crippen molar-refractivity contribution in [3.05, 3.63) is 5.82 Å². The highest BCUT2D eigenvalue weighted by molar-refractivity contribution is 7.99. The molecule has 0 aliphatic carbocycles. The molecule has 0 saturated carbocycles. The second-order valence-corrected chi connectivity index (χ2v) is 3.70. The van der Waals surface area contributed by atoms with Crippen LogP contribution in [0.1, 0.15) is 18.2 Å². The van der Waals surface area contributed by atoms with Crippen molar-refractivity contribution < 1.29 is 4.52 Å². The van der Waals surface area contributed by atoms with Crippen LogP contribution >= 0.6 is 11.8 Å². The van der Waals surface area contributed by atoms with Crippen molar-refractivity contribution in [2.75, 3.05) is 17.2 Å². The predicted octanol–water partition coefficient (Wildman–Crippen LogP) is 0.872. The van der Waals surface area contributed by atoms with Gasteiger partial charge in [0.1, 0.15) is 0 Å². The van der Waals surface area contributed by atoms with Crippen LogP contribution in [0.5, 0.6) is 0 Å². The minimum Gasteiger partial charge on any atom is -0.351 e. The summed E-state index contributed by atoms with van der Waals surface area (Å²) in [5.41, 5.74) is 5.30. The number of thioether (sulfide) groups is 1. The van der Waals surface area contributed by atoms with Crippen LogP contribution in [0.15, 0.2) is 4.52 Å². The number of nitrogens with zero attached hydrogens (tertiary/aromatic N) is 2. The molecule has 60 valence electrons. The Morgan fingerprint density at radius 3 is 3.09 bits per heavy atom. The molecule has 1 aliphatic rings. The second-order valence-electron chi connectivity index (χ2n) is 2.55. The Hall–Kier alpha value is -0.710. The van der Waals surface area contributed by atoms with Gasteiger partial charge in [-0.3, -0.25) is 0 Å². The van der Waals surface area contributed by atoms with Crippen molar-refractivity contribution in [3.8, 4) is 0 Å². The van der Waals surface area contributed by atoms with Crippen LogP contribution in [0, 0.1) is 0 Å². The second kappa shape index (κ2) is 2.73. The van der Waals surface area contributed by atoms with Crippen molar-refractivity contribution in [3.63, 3.8) is 0 Å². The molecule has 0 radical (unpaired) electrons. The van der Waals surface area contributed by atoms with Gasteiger partial charge in [0.25, 0.3) is 0 Å². The first kappa shape index (κ1) is 6.97. The fourth-order valence-corrected chi connectivity index (χ4v) is 2.37. The summed E-state index contributed by atoms with van der Waals surface area (Å²) in [4.78, 5) is 3.98. The molecule has 2 N–H and O–H groups in total. The fraction of sp³-hybridized carbons (Fsp3) is 0.667. The predicted molar refractivity (Wildman–Crippen MR) is 43.4 cm³/mol. The lowest BCUT2D eigenvalue weighted by atomic mass is 10.1. The van der Waals surface area contributed by atoms with E-state index in [-0.39, 0.29) is 6.01 Å². The van der Waals surface area contributed by atoms with Crippen LogP contribution in [0.4, 0.5) is 6.01 Å².